The number of hydrogen-bond acceptors (Lipinski definition) is 3. The molecule has 1 aromatic heterocycles. The quantitative estimate of drug-likeness (QED) is 0.911. The first kappa shape index (κ1) is 13.6. The topological polar surface area (TPSA) is 39.1 Å². The van der Waals surface area contributed by atoms with Crippen molar-refractivity contribution in [1.29, 1.82) is 0 Å². The van der Waals surface area contributed by atoms with Crippen molar-refractivity contribution in [2.24, 2.45) is 0 Å². The fraction of sp³-hybridized carbons (Fsp3) is 0.400. The molecule has 20 heavy (non-hydrogen) atoms. The van der Waals surface area contributed by atoms with Gasteiger partial charge in [0.25, 0.3) is 0 Å². The lowest BCUT2D eigenvalue weighted by Crippen LogP contribution is -2.10. The summed E-state index contributed by atoms with van der Waals surface area (Å²) in [5, 5.41) is 3.14. The van der Waals surface area contributed by atoms with Gasteiger partial charge in [-0.2, -0.15) is 0 Å². The predicted molar refractivity (Wildman–Crippen MR) is 82.3 cm³/mol. The minimum absolute atomic E-state index is 0.788. The zero-order valence-corrected chi connectivity index (χ0v) is 13.1. The van der Waals surface area contributed by atoms with Gasteiger partial charge in [-0.3, -0.25) is 0 Å². The van der Waals surface area contributed by atoms with Gasteiger partial charge < -0.3 is 14.6 Å². The molecule has 0 radical (unpaired) electrons. The average molecular weight is 336 g/mol. The van der Waals surface area contributed by atoms with Crippen LogP contribution in [0.1, 0.15) is 16.8 Å². The van der Waals surface area contributed by atoms with Crippen LogP contribution in [0.4, 0.5) is 0 Å². The van der Waals surface area contributed by atoms with Gasteiger partial charge in [0.1, 0.15) is 5.75 Å². The van der Waals surface area contributed by atoms with E-state index in [4.69, 9.17) is 4.74 Å². The second kappa shape index (κ2) is 5.97. The highest BCUT2D eigenvalue weighted by molar-refractivity contribution is 9.10. The molecule has 1 aromatic carbocycles. The summed E-state index contributed by atoms with van der Waals surface area (Å²) in [5.74, 6) is 1.05. The molecule has 0 amide bonds. The third-order valence-corrected chi connectivity index (χ3v) is 3.95. The minimum atomic E-state index is 0.788. The van der Waals surface area contributed by atoms with Crippen LogP contribution in [-0.4, -0.2) is 29.8 Å². The molecule has 0 aliphatic carbocycles. The maximum absolute atomic E-state index is 5.76. The van der Waals surface area contributed by atoms with Gasteiger partial charge in [-0.05, 0) is 24.7 Å². The molecule has 4 nitrogen and oxygen atoms in total. The second-order valence-corrected chi connectivity index (χ2v) is 5.96. The summed E-state index contributed by atoms with van der Waals surface area (Å²) >= 11 is 3.58. The van der Waals surface area contributed by atoms with Gasteiger partial charge in [0.2, 0.25) is 0 Å². The lowest BCUT2D eigenvalue weighted by atomic mass is 10.1. The second-order valence-electron chi connectivity index (χ2n) is 5.04. The van der Waals surface area contributed by atoms with Gasteiger partial charge >= 0.3 is 0 Å². The summed E-state index contributed by atoms with van der Waals surface area (Å²) < 4.78 is 9.00. The fourth-order valence-electron chi connectivity index (χ4n) is 2.54. The highest BCUT2D eigenvalue weighted by Gasteiger charge is 2.17. The minimum Gasteiger partial charge on any atom is -0.493 e. The normalized spacial score (nSPS) is 13.3. The number of halogens is 1. The van der Waals surface area contributed by atoms with E-state index in [0.29, 0.717) is 0 Å². The maximum Gasteiger partial charge on any atom is 0.127 e. The average Bonchev–Trinajstić information content (AvgIpc) is 3.05. The monoisotopic (exact) mass is 335 g/mol. The summed E-state index contributed by atoms with van der Waals surface area (Å²) in [7, 11) is 1.96. The predicted octanol–water partition coefficient (Wildman–Crippen LogP) is 2.39. The van der Waals surface area contributed by atoms with Gasteiger partial charge in [0, 0.05) is 35.6 Å². The molecule has 0 spiro atoms. The molecular weight excluding hydrogens is 318 g/mol. The molecule has 106 valence electrons. The number of likely N-dealkylation sites (N-methyl/N-ethyl adjacent to an activating group) is 1. The molecule has 2 aromatic rings. The van der Waals surface area contributed by atoms with E-state index >= 15 is 0 Å². The lowest BCUT2D eigenvalue weighted by Gasteiger charge is -2.09. The largest absolute Gasteiger partial charge is 0.493 e. The third-order valence-electron chi connectivity index (χ3n) is 3.50. The van der Waals surface area contributed by atoms with E-state index in [-0.39, 0.29) is 0 Å². The van der Waals surface area contributed by atoms with Crippen molar-refractivity contribution in [3.8, 4) is 5.75 Å². The van der Waals surface area contributed by atoms with E-state index in [2.05, 4.69) is 49.1 Å². The number of rotatable bonds is 5. The SMILES string of the molecule is CNCCc1cn(Cc2cc(Br)cc3c2OCC3)cn1. The number of nitrogens with zero attached hydrogens (tertiary/aromatic N) is 2. The Morgan fingerprint density at radius 3 is 3.20 bits per heavy atom. The summed E-state index contributed by atoms with van der Waals surface area (Å²) in [4.78, 5) is 4.44. The number of nitrogens with one attached hydrogen (secondary N) is 1. The van der Waals surface area contributed by atoms with Crippen molar-refractivity contribution in [3.05, 3.63) is 46.0 Å². The standard InChI is InChI=1S/C15H18BrN3O/c1-17-4-2-14-9-19(10-18-14)8-12-7-13(16)6-11-3-5-20-15(11)12/h6-7,9-10,17H,2-5,8H2,1H3. The van der Waals surface area contributed by atoms with Crippen LogP contribution in [-0.2, 0) is 19.4 Å². The van der Waals surface area contributed by atoms with E-state index in [0.717, 1.165) is 48.5 Å². The van der Waals surface area contributed by atoms with Crippen LogP contribution in [0.5, 0.6) is 5.75 Å². The number of aromatic nitrogens is 2. The van der Waals surface area contributed by atoms with Gasteiger partial charge in [0.05, 0.1) is 25.2 Å². The smallest absolute Gasteiger partial charge is 0.127 e. The maximum atomic E-state index is 5.76. The first-order chi connectivity index (χ1) is 9.76. The highest BCUT2D eigenvalue weighted by Crippen LogP contribution is 2.33. The summed E-state index contributed by atoms with van der Waals surface area (Å²) in [6.45, 7) is 2.54. The molecular formula is C15H18BrN3O. The zero-order chi connectivity index (χ0) is 13.9. The summed E-state index contributed by atoms with van der Waals surface area (Å²) in [6, 6.07) is 4.29. The number of fused-ring (bicyclic) bond motifs is 1. The Morgan fingerprint density at radius 2 is 2.35 bits per heavy atom. The molecule has 0 bridgehead atoms. The first-order valence-electron chi connectivity index (χ1n) is 6.85. The van der Waals surface area contributed by atoms with Crippen molar-refractivity contribution >= 4 is 15.9 Å². The van der Waals surface area contributed by atoms with Crippen LogP contribution in [0.3, 0.4) is 0 Å². The van der Waals surface area contributed by atoms with Crippen LogP contribution in [0.2, 0.25) is 0 Å². The van der Waals surface area contributed by atoms with Crippen molar-refractivity contribution in [1.82, 2.24) is 14.9 Å². The number of imidazole rings is 1. The zero-order valence-electron chi connectivity index (χ0n) is 11.5. The van der Waals surface area contributed by atoms with Crippen LogP contribution in [0, 0.1) is 0 Å². The van der Waals surface area contributed by atoms with Gasteiger partial charge in [-0.1, -0.05) is 15.9 Å². The molecule has 2 heterocycles. The Morgan fingerprint density at radius 1 is 1.45 bits per heavy atom. The summed E-state index contributed by atoms with van der Waals surface area (Å²) in [5.41, 5.74) is 3.63. The fourth-order valence-corrected chi connectivity index (χ4v) is 3.09. The lowest BCUT2D eigenvalue weighted by molar-refractivity contribution is 0.352. The Hall–Kier alpha value is -1.33. The molecule has 3 rings (SSSR count). The van der Waals surface area contributed by atoms with Gasteiger partial charge in [-0.15, -0.1) is 0 Å². The molecule has 0 saturated heterocycles. The van der Waals surface area contributed by atoms with Crippen molar-refractivity contribution in [3.63, 3.8) is 0 Å². The molecule has 0 unspecified atom stereocenters. The Bertz CT molecular complexity index is 609. The van der Waals surface area contributed by atoms with Gasteiger partial charge in [0.15, 0.2) is 0 Å². The van der Waals surface area contributed by atoms with Crippen LogP contribution >= 0.6 is 15.9 Å². The van der Waals surface area contributed by atoms with Gasteiger partial charge in [-0.25, -0.2) is 4.98 Å². The molecule has 0 fully saturated rings. The van der Waals surface area contributed by atoms with Crippen LogP contribution in [0.15, 0.2) is 29.1 Å². The molecule has 1 aliphatic heterocycles. The van der Waals surface area contributed by atoms with Crippen LogP contribution < -0.4 is 10.1 Å². The molecule has 0 saturated carbocycles. The molecule has 1 aliphatic rings. The van der Waals surface area contributed by atoms with Crippen LogP contribution in [0.25, 0.3) is 0 Å². The summed E-state index contributed by atoms with van der Waals surface area (Å²) in [6.07, 6.45) is 5.96. The third kappa shape index (κ3) is 2.88. The number of ether oxygens (including phenoxy) is 1. The highest BCUT2D eigenvalue weighted by atomic mass is 79.9. The van der Waals surface area contributed by atoms with Crippen molar-refractivity contribution in [2.75, 3.05) is 20.2 Å². The Kier molecular flexibility index (Phi) is 4.08. The van der Waals surface area contributed by atoms with Crippen molar-refractivity contribution in [2.45, 2.75) is 19.4 Å². The number of hydrogen-bond donors (Lipinski definition) is 1. The molecule has 5 heteroatoms. The van der Waals surface area contributed by atoms with E-state index in [1.165, 1.54) is 11.1 Å². The van der Waals surface area contributed by atoms with E-state index in [1.807, 2.05) is 13.4 Å². The molecule has 0 atom stereocenters. The van der Waals surface area contributed by atoms with Crippen molar-refractivity contribution < 1.29 is 4.74 Å². The number of benzene rings is 1. The van der Waals surface area contributed by atoms with E-state index in [1.54, 1.807) is 0 Å². The first-order valence-corrected chi connectivity index (χ1v) is 7.65. The molecule has 1 N–H and O–H groups in total. The van der Waals surface area contributed by atoms with E-state index in [9.17, 15) is 0 Å². The Balaban J connectivity index is 1.79. The van der Waals surface area contributed by atoms with E-state index < -0.39 is 0 Å². The Labute approximate surface area is 127 Å².